The van der Waals surface area contributed by atoms with Crippen LogP contribution in [0.15, 0.2) is 0 Å². The summed E-state index contributed by atoms with van der Waals surface area (Å²) in [6, 6.07) is 0.603. The topological polar surface area (TPSA) is 102 Å². The summed E-state index contributed by atoms with van der Waals surface area (Å²) in [5.41, 5.74) is 0. The van der Waals surface area contributed by atoms with E-state index in [2.05, 4.69) is 15.5 Å². The molecular formula is C12H21N3O4. The van der Waals surface area contributed by atoms with Crippen molar-refractivity contribution in [2.45, 2.75) is 43.9 Å². The lowest BCUT2D eigenvalue weighted by Gasteiger charge is -2.16. The van der Waals surface area contributed by atoms with Gasteiger partial charge in [0.15, 0.2) is 6.10 Å². The summed E-state index contributed by atoms with van der Waals surface area (Å²) in [7, 11) is 0. The average molecular weight is 271 g/mol. The van der Waals surface area contributed by atoms with Crippen molar-refractivity contribution in [1.82, 2.24) is 15.5 Å². The molecule has 7 nitrogen and oxygen atoms in total. The van der Waals surface area contributed by atoms with Gasteiger partial charge in [0.1, 0.15) is 0 Å². The number of carboxylic acids is 1. The van der Waals surface area contributed by atoms with Crippen molar-refractivity contribution in [3.63, 3.8) is 0 Å². The Morgan fingerprint density at radius 3 is 2.68 bits per heavy atom. The van der Waals surface area contributed by atoms with Crippen LogP contribution in [0.1, 0.15) is 25.7 Å². The molecule has 0 spiro atoms. The van der Waals surface area contributed by atoms with Gasteiger partial charge in [0.2, 0.25) is 0 Å². The van der Waals surface area contributed by atoms with Crippen molar-refractivity contribution >= 4 is 12.0 Å². The summed E-state index contributed by atoms with van der Waals surface area (Å²) >= 11 is 0. The highest BCUT2D eigenvalue weighted by Gasteiger charge is 2.34. The molecule has 108 valence electrons. The summed E-state index contributed by atoms with van der Waals surface area (Å²) in [6.45, 7) is 2.08. The molecule has 0 bridgehead atoms. The van der Waals surface area contributed by atoms with Crippen molar-refractivity contribution in [2.24, 2.45) is 0 Å². The van der Waals surface area contributed by atoms with Gasteiger partial charge in [-0.15, -0.1) is 0 Å². The predicted octanol–water partition coefficient (Wildman–Crippen LogP) is -0.642. The number of likely N-dealkylation sites (tertiary alicyclic amines) is 1. The summed E-state index contributed by atoms with van der Waals surface area (Å²) in [5.74, 6) is -1.27. The Hall–Kier alpha value is -1.34. The largest absolute Gasteiger partial charge is 0.479 e. The lowest BCUT2D eigenvalue weighted by Crippen LogP contribution is -2.44. The number of aliphatic carboxylic acids is 1. The summed E-state index contributed by atoms with van der Waals surface area (Å²) < 4.78 is 0. The van der Waals surface area contributed by atoms with E-state index < -0.39 is 12.1 Å². The Labute approximate surface area is 112 Å². The maximum Gasteiger partial charge on any atom is 0.332 e. The van der Waals surface area contributed by atoms with Crippen LogP contribution in [0.3, 0.4) is 0 Å². The number of nitrogens with zero attached hydrogens (tertiary/aromatic N) is 1. The molecule has 1 saturated heterocycles. The Morgan fingerprint density at radius 1 is 1.32 bits per heavy atom. The van der Waals surface area contributed by atoms with E-state index in [0.717, 1.165) is 25.6 Å². The van der Waals surface area contributed by atoms with Crippen molar-refractivity contribution in [3.8, 4) is 0 Å². The molecule has 2 fully saturated rings. The Balaban J connectivity index is 1.58. The first-order chi connectivity index (χ1) is 9.06. The van der Waals surface area contributed by atoms with Crippen LogP contribution in [-0.2, 0) is 4.79 Å². The van der Waals surface area contributed by atoms with Gasteiger partial charge in [-0.2, -0.15) is 0 Å². The Bertz CT molecular complexity index is 346. The van der Waals surface area contributed by atoms with Crippen LogP contribution < -0.4 is 10.6 Å². The molecule has 0 radical (unpaired) electrons. The number of aliphatic hydroxyl groups is 1. The quantitative estimate of drug-likeness (QED) is 0.514. The van der Waals surface area contributed by atoms with Crippen molar-refractivity contribution < 1.29 is 19.8 Å². The molecule has 2 amide bonds. The molecule has 1 aliphatic carbocycles. The number of hydrogen-bond acceptors (Lipinski definition) is 4. The third-order valence-corrected chi connectivity index (χ3v) is 3.61. The molecule has 7 heteroatoms. The molecule has 2 rings (SSSR count). The highest BCUT2D eigenvalue weighted by Crippen LogP contribution is 2.29. The molecule has 0 aromatic rings. The maximum absolute atomic E-state index is 11.6. The molecule has 1 saturated carbocycles. The fourth-order valence-electron chi connectivity index (χ4n) is 2.36. The third-order valence-electron chi connectivity index (χ3n) is 3.61. The van der Waals surface area contributed by atoms with Gasteiger partial charge in [-0.3, -0.25) is 4.90 Å². The van der Waals surface area contributed by atoms with Crippen LogP contribution in [0.2, 0.25) is 0 Å². The van der Waals surface area contributed by atoms with E-state index in [1.165, 1.54) is 12.8 Å². The van der Waals surface area contributed by atoms with E-state index in [0.29, 0.717) is 0 Å². The van der Waals surface area contributed by atoms with Crippen molar-refractivity contribution in [3.05, 3.63) is 0 Å². The van der Waals surface area contributed by atoms with Gasteiger partial charge in [0.25, 0.3) is 0 Å². The summed E-state index contributed by atoms with van der Waals surface area (Å²) in [4.78, 5) is 24.4. The van der Waals surface area contributed by atoms with Crippen molar-refractivity contribution in [1.29, 1.82) is 0 Å². The number of carboxylic acid groups (broad SMARTS) is 1. The molecular weight excluding hydrogens is 250 g/mol. The zero-order valence-corrected chi connectivity index (χ0v) is 10.8. The third kappa shape index (κ3) is 4.36. The minimum absolute atomic E-state index is 0.0155. The molecule has 2 aliphatic rings. The molecule has 2 atom stereocenters. The predicted molar refractivity (Wildman–Crippen MR) is 67.8 cm³/mol. The second-order valence-electron chi connectivity index (χ2n) is 5.25. The fraction of sp³-hybridized carbons (Fsp3) is 0.833. The van der Waals surface area contributed by atoms with Gasteiger partial charge in [-0.25, -0.2) is 9.59 Å². The minimum Gasteiger partial charge on any atom is -0.479 e. The second kappa shape index (κ2) is 6.21. The molecule has 1 aliphatic heterocycles. The monoisotopic (exact) mass is 271 g/mol. The number of nitrogens with one attached hydrogen (secondary N) is 2. The van der Waals surface area contributed by atoms with E-state index >= 15 is 0 Å². The number of hydrogen-bond donors (Lipinski definition) is 4. The zero-order chi connectivity index (χ0) is 13.8. The number of urea groups is 1. The highest BCUT2D eigenvalue weighted by molar-refractivity contribution is 5.74. The number of carbonyl (C=O) groups is 2. The highest BCUT2D eigenvalue weighted by atomic mass is 16.4. The first-order valence-corrected chi connectivity index (χ1v) is 6.75. The lowest BCUT2D eigenvalue weighted by atomic mass is 10.2. The average Bonchev–Trinajstić information content (AvgIpc) is 3.10. The summed E-state index contributed by atoms with van der Waals surface area (Å²) in [5, 5.41) is 23.0. The molecule has 1 heterocycles. The van der Waals surface area contributed by atoms with E-state index in [-0.39, 0.29) is 25.0 Å². The number of carbonyl (C=O) groups excluding carboxylic acids is 1. The van der Waals surface area contributed by atoms with Gasteiger partial charge in [0, 0.05) is 38.1 Å². The van der Waals surface area contributed by atoms with Crippen LogP contribution in [0.25, 0.3) is 0 Å². The number of amides is 2. The van der Waals surface area contributed by atoms with E-state index in [1.54, 1.807) is 0 Å². The van der Waals surface area contributed by atoms with Crippen LogP contribution in [0, 0.1) is 0 Å². The van der Waals surface area contributed by atoms with E-state index in [1.807, 2.05) is 0 Å². The maximum atomic E-state index is 11.6. The first-order valence-electron chi connectivity index (χ1n) is 6.75. The van der Waals surface area contributed by atoms with Gasteiger partial charge in [-0.05, 0) is 19.3 Å². The zero-order valence-electron chi connectivity index (χ0n) is 10.8. The van der Waals surface area contributed by atoms with Gasteiger partial charge >= 0.3 is 12.0 Å². The standard InChI is InChI=1S/C12H21N3O4/c16-10(11(17)18)3-5-13-12(19)14-8-4-6-15(7-8)9-1-2-9/h8-10,16H,1-7H2,(H,17,18)(H2,13,14,19)/t8?,10-/m0/s1. The molecule has 0 aromatic heterocycles. The molecule has 19 heavy (non-hydrogen) atoms. The Morgan fingerprint density at radius 2 is 2.05 bits per heavy atom. The Kier molecular flexibility index (Phi) is 4.60. The van der Waals surface area contributed by atoms with Crippen LogP contribution >= 0.6 is 0 Å². The SMILES string of the molecule is O=C(NCC[C@H](O)C(=O)O)NC1CCN(C2CC2)C1. The lowest BCUT2D eigenvalue weighted by molar-refractivity contribution is -0.146. The van der Waals surface area contributed by atoms with Gasteiger partial charge in [0.05, 0.1) is 0 Å². The first kappa shape index (κ1) is 14.1. The summed E-state index contributed by atoms with van der Waals surface area (Å²) in [6.07, 6.45) is 2.10. The van der Waals surface area contributed by atoms with Crippen LogP contribution in [-0.4, -0.2) is 64.9 Å². The second-order valence-corrected chi connectivity index (χ2v) is 5.25. The van der Waals surface area contributed by atoms with Gasteiger partial charge in [-0.1, -0.05) is 0 Å². The van der Waals surface area contributed by atoms with E-state index in [4.69, 9.17) is 10.2 Å². The number of aliphatic hydroxyl groups excluding tert-OH is 1. The smallest absolute Gasteiger partial charge is 0.332 e. The van der Waals surface area contributed by atoms with E-state index in [9.17, 15) is 9.59 Å². The van der Waals surface area contributed by atoms with Crippen molar-refractivity contribution in [2.75, 3.05) is 19.6 Å². The molecule has 1 unspecified atom stereocenters. The van der Waals surface area contributed by atoms with Gasteiger partial charge < -0.3 is 20.8 Å². The molecule has 0 aromatic carbocycles. The van der Waals surface area contributed by atoms with Crippen LogP contribution in [0.4, 0.5) is 4.79 Å². The normalized spacial score (nSPS) is 25.0. The van der Waals surface area contributed by atoms with Crippen LogP contribution in [0.5, 0.6) is 0 Å². The fourth-order valence-corrected chi connectivity index (χ4v) is 2.36. The molecule has 4 N–H and O–H groups in total. The number of rotatable bonds is 6. The minimum atomic E-state index is -1.42.